The molecular weight excluding hydrogens is 306 g/mol. The highest BCUT2D eigenvalue weighted by molar-refractivity contribution is 5.96. The van der Waals surface area contributed by atoms with E-state index in [1.54, 1.807) is 24.3 Å². The van der Waals surface area contributed by atoms with Crippen LogP contribution >= 0.6 is 0 Å². The van der Waals surface area contributed by atoms with Gasteiger partial charge in [-0.15, -0.1) is 0 Å². The Morgan fingerprint density at radius 1 is 1.04 bits per heavy atom. The van der Waals surface area contributed by atoms with Gasteiger partial charge in [-0.25, -0.2) is 4.99 Å². The van der Waals surface area contributed by atoms with Crippen LogP contribution in [0.3, 0.4) is 0 Å². The molecule has 0 aromatic heterocycles. The molecule has 7 nitrogen and oxygen atoms in total. The number of carbonyl (C=O) groups is 2. The number of benzene rings is 1. The number of nitrogens with one attached hydrogen (secondary N) is 2. The van der Waals surface area contributed by atoms with Crippen LogP contribution in [0.2, 0.25) is 0 Å². The summed E-state index contributed by atoms with van der Waals surface area (Å²) >= 11 is 0. The van der Waals surface area contributed by atoms with Gasteiger partial charge in [-0.1, -0.05) is 38.3 Å². The summed E-state index contributed by atoms with van der Waals surface area (Å²) in [6, 6.07) is 6.96. The number of guanidine groups is 1. The highest BCUT2D eigenvalue weighted by Crippen LogP contribution is 2.05. The smallest absolute Gasteiger partial charge is 0.251 e. The van der Waals surface area contributed by atoms with Crippen LogP contribution < -0.4 is 22.1 Å². The zero-order chi connectivity index (χ0) is 17.8. The van der Waals surface area contributed by atoms with Crippen molar-refractivity contribution in [1.29, 1.82) is 0 Å². The first-order valence-electron chi connectivity index (χ1n) is 8.22. The highest BCUT2D eigenvalue weighted by atomic mass is 16.2. The summed E-state index contributed by atoms with van der Waals surface area (Å²) in [6.45, 7) is 3.27. The second kappa shape index (κ2) is 11.0. The van der Waals surface area contributed by atoms with Crippen LogP contribution in [0.4, 0.5) is 0 Å². The van der Waals surface area contributed by atoms with Crippen molar-refractivity contribution in [2.75, 3.05) is 13.1 Å². The van der Waals surface area contributed by atoms with E-state index in [0.29, 0.717) is 18.1 Å². The van der Waals surface area contributed by atoms with Gasteiger partial charge < -0.3 is 22.1 Å². The Labute approximate surface area is 142 Å². The number of hydrogen-bond acceptors (Lipinski definition) is 3. The third-order valence-electron chi connectivity index (χ3n) is 3.41. The summed E-state index contributed by atoms with van der Waals surface area (Å²) in [4.78, 5) is 26.7. The number of unbranched alkanes of at least 4 members (excludes halogenated alkanes) is 3. The van der Waals surface area contributed by atoms with Crippen LogP contribution in [0.5, 0.6) is 0 Å². The predicted molar refractivity (Wildman–Crippen MR) is 95.4 cm³/mol. The van der Waals surface area contributed by atoms with Gasteiger partial charge in [-0.3, -0.25) is 9.59 Å². The Morgan fingerprint density at radius 2 is 1.75 bits per heavy atom. The number of aliphatic imine (C=N–C) groups is 1. The van der Waals surface area contributed by atoms with E-state index in [1.165, 1.54) is 19.3 Å². The minimum Gasteiger partial charge on any atom is -0.370 e. The lowest BCUT2D eigenvalue weighted by Crippen LogP contribution is -2.33. The Hall–Kier alpha value is -2.57. The second-order valence-electron chi connectivity index (χ2n) is 5.53. The van der Waals surface area contributed by atoms with E-state index >= 15 is 0 Å². The molecule has 0 saturated carbocycles. The molecule has 0 saturated heterocycles. The lowest BCUT2D eigenvalue weighted by atomic mass is 10.1. The predicted octanol–water partition coefficient (Wildman–Crippen LogP) is 0.886. The van der Waals surface area contributed by atoms with E-state index in [2.05, 4.69) is 22.5 Å². The summed E-state index contributed by atoms with van der Waals surface area (Å²) in [7, 11) is 0. The Kier molecular flexibility index (Phi) is 8.96. The van der Waals surface area contributed by atoms with Gasteiger partial charge in [0.25, 0.3) is 5.91 Å². The van der Waals surface area contributed by atoms with Crippen molar-refractivity contribution in [2.45, 2.75) is 39.2 Å². The number of nitrogens with two attached hydrogens (primary N) is 2. The molecule has 132 valence electrons. The maximum absolute atomic E-state index is 11.7. The fourth-order valence-corrected chi connectivity index (χ4v) is 2.03. The molecular formula is C17H27N5O2. The third kappa shape index (κ3) is 8.17. The van der Waals surface area contributed by atoms with Crippen molar-refractivity contribution >= 4 is 17.8 Å². The number of rotatable bonds is 10. The first kappa shape index (κ1) is 19.5. The summed E-state index contributed by atoms with van der Waals surface area (Å²) in [5.41, 5.74) is 12.2. The number of carbonyl (C=O) groups excluding carboxylic acids is 2. The lowest BCUT2D eigenvalue weighted by molar-refractivity contribution is -0.117. The molecule has 0 spiro atoms. The standard InChI is InChI=1S/C17H27N5O2/c1-2-3-4-5-10-20-17(19)22-11-13-6-8-14(9-7-13)16(24)21-12-15(18)23/h6-9H,2-5,10-12H2,1H3,(H2,18,23)(H,21,24)(H3,19,20,22). The van der Waals surface area contributed by atoms with Crippen LogP contribution in [0, 0.1) is 0 Å². The van der Waals surface area contributed by atoms with Crippen LogP contribution in [-0.2, 0) is 11.3 Å². The Bertz CT molecular complexity index is 555. The number of primary amides is 1. The maximum atomic E-state index is 11.7. The van der Waals surface area contributed by atoms with Crippen molar-refractivity contribution in [3.05, 3.63) is 35.4 Å². The van der Waals surface area contributed by atoms with Gasteiger partial charge in [0.05, 0.1) is 13.1 Å². The molecule has 0 unspecified atom stereocenters. The summed E-state index contributed by atoms with van der Waals surface area (Å²) in [5.74, 6) is -0.487. The summed E-state index contributed by atoms with van der Waals surface area (Å²) < 4.78 is 0. The third-order valence-corrected chi connectivity index (χ3v) is 3.41. The zero-order valence-corrected chi connectivity index (χ0v) is 14.2. The summed E-state index contributed by atoms with van der Waals surface area (Å²) in [6.07, 6.45) is 4.72. The topological polar surface area (TPSA) is 123 Å². The molecule has 6 N–H and O–H groups in total. The van der Waals surface area contributed by atoms with Crippen molar-refractivity contribution < 1.29 is 9.59 Å². The van der Waals surface area contributed by atoms with Gasteiger partial charge in [-0.05, 0) is 24.1 Å². The van der Waals surface area contributed by atoms with E-state index < -0.39 is 5.91 Å². The molecule has 1 aromatic carbocycles. The monoisotopic (exact) mass is 333 g/mol. The molecule has 0 radical (unpaired) electrons. The van der Waals surface area contributed by atoms with E-state index in [-0.39, 0.29) is 12.5 Å². The van der Waals surface area contributed by atoms with Gasteiger partial charge in [0, 0.05) is 12.1 Å². The molecule has 0 aliphatic carbocycles. The molecule has 0 aliphatic rings. The van der Waals surface area contributed by atoms with Crippen LogP contribution in [0.1, 0.15) is 48.5 Å². The molecule has 0 aliphatic heterocycles. The van der Waals surface area contributed by atoms with Crippen molar-refractivity contribution in [1.82, 2.24) is 10.6 Å². The van der Waals surface area contributed by atoms with E-state index in [9.17, 15) is 9.59 Å². The van der Waals surface area contributed by atoms with Gasteiger partial charge >= 0.3 is 0 Å². The quantitative estimate of drug-likeness (QED) is 0.288. The minimum absolute atomic E-state index is 0.175. The van der Waals surface area contributed by atoms with Crippen LogP contribution in [0.15, 0.2) is 29.3 Å². The molecule has 7 heteroatoms. The van der Waals surface area contributed by atoms with E-state index in [0.717, 1.165) is 18.5 Å². The Morgan fingerprint density at radius 3 is 2.38 bits per heavy atom. The SMILES string of the molecule is CCCCCCNC(N)=NCc1ccc(C(=O)NCC(N)=O)cc1. The van der Waals surface area contributed by atoms with Crippen LogP contribution in [-0.4, -0.2) is 30.9 Å². The van der Waals surface area contributed by atoms with Gasteiger partial charge in [0.15, 0.2) is 5.96 Å². The minimum atomic E-state index is -0.577. The maximum Gasteiger partial charge on any atom is 0.251 e. The van der Waals surface area contributed by atoms with Crippen molar-refractivity contribution in [3.8, 4) is 0 Å². The molecule has 24 heavy (non-hydrogen) atoms. The molecule has 0 atom stereocenters. The van der Waals surface area contributed by atoms with E-state index in [1.807, 2.05) is 0 Å². The van der Waals surface area contributed by atoms with Crippen molar-refractivity contribution in [3.63, 3.8) is 0 Å². The fourth-order valence-electron chi connectivity index (χ4n) is 2.03. The second-order valence-corrected chi connectivity index (χ2v) is 5.53. The largest absolute Gasteiger partial charge is 0.370 e. The fraction of sp³-hybridized carbons (Fsp3) is 0.471. The lowest BCUT2D eigenvalue weighted by Gasteiger charge is -2.06. The molecule has 1 aromatic rings. The number of hydrogen-bond donors (Lipinski definition) is 4. The first-order chi connectivity index (χ1) is 11.5. The number of amides is 2. The molecule has 0 heterocycles. The molecule has 1 rings (SSSR count). The normalized spacial score (nSPS) is 11.1. The average Bonchev–Trinajstić information content (AvgIpc) is 2.58. The first-order valence-corrected chi connectivity index (χ1v) is 8.22. The molecule has 0 fully saturated rings. The highest BCUT2D eigenvalue weighted by Gasteiger charge is 2.06. The zero-order valence-electron chi connectivity index (χ0n) is 14.2. The van der Waals surface area contributed by atoms with Crippen LogP contribution in [0.25, 0.3) is 0 Å². The van der Waals surface area contributed by atoms with Gasteiger partial charge in [-0.2, -0.15) is 0 Å². The van der Waals surface area contributed by atoms with Gasteiger partial charge in [0.1, 0.15) is 0 Å². The number of nitrogens with zero attached hydrogens (tertiary/aromatic N) is 1. The van der Waals surface area contributed by atoms with Gasteiger partial charge in [0.2, 0.25) is 5.91 Å². The summed E-state index contributed by atoms with van der Waals surface area (Å²) in [5, 5.41) is 5.52. The van der Waals surface area contributed by atoms with Crippen molar-refractivity contribution in [2.24, 2.45) is 16.5 Å². The van der Waals surface area contributed by atoms with E-state index in [4.69, 9.17) is 11.5 Å². The Balaban J connectivity index is 2.39. The molecule has 2 amide bonds. The molecule has 0 bridgehead atoms. The average molecular weight is 333 g/mol.